The predicted molar refractivity (Wildman–Crippen MR) is 104 cm³/mol. The molecule has 2 aromatic carbocycles. The van der Waals surface area contributed by atoms with Gasteiger partial charge in [0.1, 0.15) is 23.0 Å². The zero-order valence-corrected chi connectivity index (χ0v) is 15.8. The van der Waals surface area contributed by atoms with Crippen molar-refractivity contribution in [2.45, 2.75) is 13.5 Å². The number of hydrogen-bond donors (Lipinski definition) is 1. The van der Waals surface area contributed by atoms with E-state index in [1.54, 1.807) is 13.0 Å². The van der Waals surface area contributed by atoms with Crippen LogP contribution in [0.4, 0.5) is 23.4 Å². The minimum Gasteiger partial charge on any atom is -0.408 e. The SMILES string of the molecule is Cc1cc2oc(=O)n(C(F)F)c2cc1-c1ccc(NC(=O)c2c(F)cccc2F)nc1. The second-order valence-electron chi connectivity index (χ2n) is 6.63. The minimum absolute atomic E-state index is 0.0234. The molecule has 10 heteroatoms. The monoisotopic (exact) mass is 431 g/mol. The number of nitrogens with one attached hydrogen (secondary N) is 1. The average Bonchev–Trinajstić information content (AvgIpc) is 3.02. The molecule has 1 N–H and O–H groups in total. The zero-order valence-electron chi connectivity index (χ0n) is 15.8. The molecule has 4 aromatic rings. The second kappa shape index (κ2) is 7.71. The molecular weight excluding hydrogens is 418 g/mol. The summed E-state index contributed by atoms with van der Waals surface area (Å²) in [6.45, 7) is -1.37. The number of rotatable bonds is 4. The van der Waals surface area contributed by atoms with Crippen molar-refractivity contribution in [3.8, 4) is 11.1 Å². The molecule has 0 saturated carbocycles. The van der Waals surface area contributed by atoms with Crippen LogP contribution in [0, 0.1) is 18.6 Å². The summed E-state index contributed by atoms with van der Waals surface area (Å²) in [6, 6.07) is 8.84. The van der Waals surface area contributed by atoms with E-state index in [9.17, 15) is 27.2 Å². The molecular formula is C21H13F4N3O3. The number of pyridine rings is 1. The summed E-state index contributed by atoms with van der Waals surface area (Å²) < 4.78 is 59.0. The van der Waals surface area contributed by atoms with Gasteiger partial charge in [-0.1, -0.05) is 6.07 Å². The van der Waals surface area contributed by atoms with E-state index in [-0.39, 0.29) is 21.5 Å². The minimum atomic E-state index is -3.07. The van der Waals surface area contributed by atoms with Crippen LogP contribution in [0.25, 0.3) is 22.2 Å². The summed E-state index contributed by atoms with van der Waals surface area (Å²) in [4.78, 5) is 27.9. The van der Waals surface area contributed by atoms with E-state index in [1.807, 2.05) is 0 Å². The highest BCUT2D eigenvalue weighted by atomic mass is 19.3. The van der Waals surface area contributed by atoms with Crippen LogP contribution in [0.2, 0.25) is 0 Å². The lowest BCUT2D eigenvalue weighted by Crippen LogP contribution is -2.16. The summed E-state index contributed by atoms with van der Waals surface area (Å²) in [5, 5.41) is 2.30. The molecule has 0 unspecified atom stereocenters. The fraction of sp³-hybridized carbons (Fsp3) is 0.0952. The van der Waals surface area contributed by atoms with Crippen molar-refractivity contribution in [2.24, 2.45) is 0 Å². The van der Waals surface area contributed by atoms with E-state index < -0.39 is 35.4 Å². The Kier molecular flexibility index (Phi) is 5.05. The number of aromatic nitrogens is 2. The van der Waals surface area contributed by atoms with E-state index in [0.29, 0.717) is 16.7 Å². The van der Waals surface area contributed by atoms with E-state index in [0.717, 1.165) is 18.2 Å². The van der Waals surface area contributed by atoms with Gasteiger partial charge in [-0.25, -0.2) is 23.1 Å². The van der Waals surface area contributed by atoms with Crippen LogP contribution in [0.1, 0.15) is 22.5 Å². The van der Waals surface area contributed by atoms with E-state index in [2.05, 4.69) is 10.3 Å². The van der Waals surface area contributed by atoms with E-state index in [1.165, 1.54) is 24.4 Å². The number of hydrogen-bond acceptors (Lipinski definition) is 4. The van der Waals surface area contributed by atoms with Crippen molar-refractivity contribution < 1.29 is 26.8 Å². The zero-order chi connectivity index (χ0) is 22.3. The number of aryl methyl sites for hydroxylation is 1. The van der Waals surface area contributed by atoms with Crippen LogP contribution in [-0.2, 0) is 0 Å². The van der Waals surface area contributed by atoms with Gasteiger partial charge in [-0.05, 0) is 54.4 Å². The van der Waals surface area contributed by atoms with Gasteiger partial charge in [-0.2, -0.15) is 8.78 Å². The van der Waals surface area contributed by atoms with Crippen molar-refractivity contribution in [3.05, 3.63) is 82.0 Å². The number of carbonyl (C=O) groups excluding carboxylic acids is 1. The summed E-state index contributed by atoms with van der Waals surface area (Å²) in [5.41, 5.74) is 0.856. The van der Waals surface area contributed by atoms with Crippen molar-refractivity contribution in [1.82, 2.24) is 9.55 Å². The Balaban J connectivity index is 1.66. The Labute approximate surface area is 171 Å². The molecule has 0 spiro atoms. The standard InChI is InChI=1S/C21H13F4N3O3/c1-10-7-16-15(28(20(24)25)21(30)31-16)8-12(10)11-5-6-17(26-9-11)27-19(29)18-13(22)3-2-4-14(18)23/h2-9,20H,1H3,(H,26,27,29). The Hall–Kier alpha value is -3.95. The van der Waals surface area contributed by atoms with Gasteiger partial charge >= 0.3 is 12.3 Å². The first-order chi connectivity index (χ1) is 14.8. The highest BCUT2D eigenvalue weighted by Crippen LogP contribution is 2.30. The summed E-state index contributed by atoms with van der Waals surface area (Å²) in [5.74, 6) is -4.17. The lowest BCUT2D eigenvalue weighted by atomic mass is 10.0. The fourth-order valence-electron chi connectivity index (χ4n) is 3.20. The number of anilines is 1. The lowest BCUT2D eigenvalue weighted by molar-refractivity contribution is 0.0670. The first-order valence-electron chi connectivity index (χ1n) is 8.92. The van der Waals surface area contributed by atoms with Crippen molar-refractivity contribution in [1.29, 1.82) is 0 Å². The molecule has 0 radical (unpaired) electrons. The number of halogens is 4. The van der Waals surface area contributed by atoms with Crippen LogP contribution in [0.15, 0.2) is 57.9 Å². The smallest absolute Gasteiger partial charge is 0.408 e. The highest BCUT2D eigenvalue weighted by Gasteiger charge is 2.20. The molecule has 6 nitrogen and oxygen atoms in total. The highest BCUT2D eigenvalue weighted by molar-refractivity contribution is 6.04. The summed E-state index contributed by atoms with van der Waals surface area (Å²) in [7, 11) is 0. The number of oxazole rings is 1. The summed E-state index contributed by atoms with van der Waals surface area (Å²) >= 11 is 0. The molecule has 0 saturated heterocycles. The van der Waals surface area contributed by atoms with Gasteiger partial charge in [0.2, 0.25) is 0 Å². The number of benzene rings is 2. The topological polar surface area (TPSA) is 77.1 Å². The van der Waals surface area contributed by atoms with Crippen LogP contribution in [0.5, 0.6) is 0 Å². The molecule has 158 valence electrons. The molecule has 0 fully saturated rings. The first-order valence-corrected chi connectivity index (χ1v) is 8.92. The molecule has 0 bridgehead atoms. The Morgan fingerprint density at radius 1 is 1.13 bits per heavy atom. The molecule has 2 heterocycles. The van der Waals surface area contributed by atoms with Crippen LogP contribution >= 0.6 is 0 Å². The Morgan fingerprint density at radius 3 is 2.45 bits per heavy atom. The van der Waals surface area contributed by atoms with Crippen molar-refractivity contribution in [3.63, 3.8) is 0 Å². The summed E-state index contributed by atoms with van der Waals surface area (Å²) in [6.07, 6.45) is 1.35. The van der Waals surface area contributed by atoms with Gasteiger partial charge in [-0.3, -0.25) is 4.79 Å². The maximum atomic E-state index is 13.7. The third-order valence-electron chi connectivity index (χ3n) is 4.66. The maximum Gasteiger partial charge on any atom is 0.424 e. The number of nitrogens with zero attached hydrogens (tertiary/aromatic N) is 2. The third-order valence-corrected chi connectivity index (χ3v) is 4.66. The third kappa shape index (κ3) is 3.67. The Morgan fingerprint density at radius 2 is 1.84 bits per heavy atom. The number of alkyl halides is 2. The number of fused-ring (bicyclic) bond motifs is 1. The van der Waals surface area contributed by atoms with Gasteiger partial charge in [0.05, 0.1) is 5.52 Å². The number of carbonyl (C=O) groups is 1. The van der Waals surface area contributed by atoms with Gasteiger partial charge in [0.25, 0.3) is 5.91 Å². The van der Waals surface area contributed by atoms with Crippen LogP contribution in [-0.4, -0.2) is 15.5 Å². The van der Waals surface area contributed by atoms with Crippen LogP contribution in [0.3, 0.4) is 0 Å². The second-order valence-corrected chi connectivity index (χ2v) is 6.63. The van der Waals surface area contributed by atoms with Crippen molar-refractivity contribution >= 4 is 22.8 Å². The normalized spacial score (nSPS) is 11.3. The molecule has 0 aliphatic rings. The predicted octanol–water partition coefficient (Wildman–Crippen LogP) is 4.89. The molecule has 0 aliphatic heterocycles. The molecule has 0 atom stereocenters. The molecule has 2 aromatic heterocycles. The molecule has 0 aliphatic carbocycles. The number of amides is 1. The molecule has 4 rings (SSSR count). The maximum absolute atomic E-state index is 13.7. The quantitative estimate of drug-likeness (QED) is 0.467. The fourth-order valence-corrected chi connectivity index (χ4v) is 3.20. The van der Waals surface area contributed by atoms with E-state index in [4.69, 9.17) is 4.42 Å². The first kappa shape index (κ1) is 20.3. The van der Waals surface area contributed by atoms with Crippen molar-refractivity contribution in [2.75, 3.05) is 5.32 Å². The average molecular weight is 431 g/mol. The van der Waals surface area contributed by atoms with Gasteiger partial charge in [-0.15, -0.1) is 0 Å². The van der Waals surface area contributed by atoms with Gasteiger partial charge in [0, 0.05) is 11.8 Å². The Bertz CT molecular complexity index is 1340. The largest absolute Gasteiger partial charge is 0.424 e. The van der Waals surface area contributed by atoms with E-state index >= 15 is 0 Å². The molecule has 1 amide bonds. The van der Waals surface area contributed by atoms with Crippen LogP contribution < -0.4 is 11.1 Å². The van der Waals surface area contributed by atoms with Gasteiger partial charge < -0.3 is 9.73 Å². The molecule has 31 heavy (non-hydrogen) atoms. The van der Waals surface area contributed by atoms with Gasteiger partial charge in [0.15, 0.2) is 5.58 Å². The lowest BCUT2D eigenvalue weighted by Gasteiger charge is -2.09.